The zero-order chi connectivity index (χ0) is 14.5. The molecule has 0 fully saturated rings. The average molecular weight is 289 g/mol. The molecule has 0 unspecified atom stereocenters. The molecule has 2 rings (SSSR count). The molecule has 0 spiro atoms. The molecule has 0 aliphatic heterocycles. The number of carbonyl (C=O) groups is 1. The lowest BCUT2D eigenvalue weighted by atomic mass is 10.2. The van der Waals surface area contributed by atoms with Crippen LogP contribution in [-0.2, 0) is 4.79 Å². The maximum atomic E-state index is 11.0. The molecule has 0 aromatic heterocycles. The Morgan fingerprint density at radius 2 is 2.10 bits per heavy atom. The van der Waals surface area contributed by atoms with E-state index in [9.17, 15) is 9.90 Å². The molecule has 0 aliphatic carbocycles. The van der Waals surface area contributed by atoms with E-state index in [1.807, 2.05) is 0 Å². The predicted octanol–water partition coefficient (Wildman–Crippen LogP) is 3.75. The molecule has 0 saturated carbocycles. The molecule has 5 heteroatoms. The standard InChI is InChI=1S/C15H13ClN2O2/c1-10(19)18-14-4-2-3-13(8-14)17-9-11-7-12(16)5-6-15(11)20/h2-9,20H,1H3,(H,18,19). The number of halogens is 1. The van der Waals surface area contributed by atoms with Gasteiger partial charge in [0, 0.05) is 29.4 Å². The zero-order valence-electron chi connectivity index (χ0n) is 10.8. The number of aliphatic imine (C=N–C) groups is 1. The summed E-state index contributed by atoms with van der Waals surface area (Å²) in [6, 6.07) is 11.8. The number of anilines is 1. The van der Waals surface area contributed by atoms with Crippen LogP contribution in [0.2, 0.25) is 5.02 Å². The van der Waals surface area contributed by atoms with Crippen LogP contribution in [0.1, 0.15) is 12.5 Å². The van der Waals surface area contributed by atoms with Gasteiger partial charge in [-0.1, -0.05) is 17.7 Å². The molecule has 2 aromatic carbocycles. The Kier molecular flexibility index (Phi) is 4.38. The molecule has 102 valence electrons. The van der Waals surface area contributed by atoms with Crippen molar-refractivity contribution in [1.29, 1.82) is 0 Å². The minimum absolute atomic E-state index is 0.108. The third-order valence-electron chi connectivity index (χ3n) is 2.51. The second-order valence-electron chi connectivity index (χ2n) is 4.19. The second kappa shape index (κ2) is 6.21. The first-order chi connectivity index (χ1) is 9.54. The van der Waals surface area contributed by atoms with Crippen molar-refractivity contribution in [2.24, 2.45) is 4.99 Å². The molecule has 0 atom stereocenters. The molecule has 0 radical (unpaired) electrons. The number of benzene rings is 2. The number of phenolic OH excluding ortho intramolecular Hbond substituents is 1. The van der Waals surface area contributed by atoms with Crippen molar-refractivity contribution >= 4 is 35.1 Å². The minimum atomic E-state index is -0.140. The third-order valence-corrected chi connectivity index (χ3v) is 2.74. The fraction of sp³-hybridized carbons (Fsp3) is 0.0667. The number of hydrogen-bond acceptors (Lipinski definition) is 3. The number of rotatable bonds is 3. The summed E-state index contributed by atoms with van der Waals surface area (Å²) in [5.41, 5.74) is 1.86. The summed E-state index contributed by atoms with van der Waals surface area (Å²) in [4.78, 5) is 15.2. The number of amides is 1. The summed E-state index contributed by atoms with van der Waals surface area (Å²) in [7, 11) is 0. The minimum Gasteiger partial charge on any atom is -0.507 e. The van der Waals surface area contributed by atoms with E-state index in [0.717, 1.165) is 0 Å². The molecule has 2 aromatic rings. The number of aromatic hydroxyl groups is 1. The van der Waals surface area contributed by atoms with Gasteiger partial charge in [0.2, 0.25) is 5.91 Å². The van der Waals surface area contributed by atoms with Gasteiger partial charge < -0.3 is 10.4 Å². The maximum absolute atomic E-state index is 11.0. The molecule has 0 heterocycles. The zero-order valence-corrected chi connectivity index (χ0v) is 11.6. The molecule has 20 heavy (non-hydrogen) atoms. The van der Waals surface area contributed by atoms with E-state index in [-0.39, 0.29) is 11.7 Å². The Bertz CT molecular complexity index is 669. The van der Waals surface area contributed by atoms with E-state index in [1.165, 1.54) is 19.2 Å². The van der Waals surface area contributed by atoms with Crippen LogP contribution in [0.4, 0.5) is 11.4 Å². The van der Waals surface area contributed by atoms with Crippen molar-refractivity contribution in [3.8, 4) is 5.75 Å². The summed E-state index contributed by atoms with van der Waals surface area (Å²) in [5.74, 6) is -0.0326. The highest BCUT2D eigenvalue weighted by Crippen LogP contribution is 2.22. The number of nitrogens with zero attached hydrogens (tertiary/aromatic N) is 1. The van der Waals surface area contributed by atoms with E-state index in [0.29, 0.717) is 22.0 Å². The summed E-state index contributed by atoms with van der Waals surface area (Å²) >= 11 is 5.86. The van der Waals surface area contributed by atoms with Gasteiger partial charge in [-0.25, -0.2) is 0 Å². The topological polar surface area (TPSA) is 61.7 Å². The molecule has 1 amide bonds. The fourth-order valence-electron chi connectivity index (χ4n) is 1.64. The highest BCUT2D eigenvalue weighted by atomic mass is 35.5. The van der Waals surface area contributed by atoms with Crippen molar-refractivity contribution in [2.45, 2.75) is 6.92 Å². The molecule has 2 N–H and O–H groups in total. The first kappa shape index (κ1) is 14.1. The first-order valence-electron chi connectivity index (χ1n) is 5.95. The van der Waals surface area contributed by atoms with Crippen LogP contribution in [0, 0.1) is 0 Å². The smallest absolute Gasteiger partial charge is 0.221 e. The lowest BCUT2D eigenvalue weighted by Gasteiger charge is -2.03. The van der Waals surface area contributed by atoms with E-state index in [1.54, 1.807) is 36.4 Å². The van der Waals surface area contributed by atoms with Crippen molar-refractivity contribution in [1.82, 2.24) is 0 Å². The number of hydrogen-bond donors (Lipinski definition) is 2. The molecule has 0 aliphatic rings. The van der Waals surface area contributed by atoms with Crippen LogP contribution >= 0.6 is 11.6 Å². The third kappa shape index (κ3) is 3.83. The molecular weight excluding hydrogens is 276 g/mol. The molecular formula is C15H13ClN2O2. The van der Waals surface area contributed by atoms with Crippen LogP contribution in [0.25, 0.3) is 0 Å². The number of phenols is 1. The molecule has 0 saturated heterocycles. The maximum Gasteiger partial charge on any atom is 0.221 e. The summed E-state index contributed by atoms with van der Waals surface area (Å²) < 4.78 is 0. The Morgan fingerprint density at radius 3 is 2.85 bits per heavy atom. The van der Waals surface area contributed by atoms with Gasteiger partial charge in [-0.15, -0.1) is 0 Å². The van der Waals surface area contributed by atoms with Crippen molar-refractivity contribution in [2.75, 3.05) is 5.32 Å². The van der Waals surface area contributed by atoms with Gasteiger partial charge in [-0.2, -0.15) is 0 Å². The van der Waals surface area contributed by atoms with Crippen LogP contribution in [0.3, 0.4) is 0 Å². The lowest BCUT2D eigenvalue weighted by Crippen LogP contribution is -2.05. The largest absolute Gasteiger partial charge is 0.507 e. The van der Waals surface area contributed by atoms with Gasteiger partial charge >= 0.3 is 0 Å². The van der Waals surface area contributed by atoms with Gasteiger partial charge in [0.15, 0.2) is 0 Å². The summed E-state index contributed by atoms with van der Waals surface area (Å²) in [5, 5.41) is 12.9. The van der Waals surface area contributed by atoms with E-state index >= 15 is 0 Å². The highest BCUT2D eigenvalue weighted by Gasteiger charge is 2.00. The normalized spacial score (nSPS) is 10.7. The van der Waals surface area contributed by atoms with Gasteiger partial charge in [-0.3, -0.25) is 9.79 Å². The average Bonchev–Trinajstić information content (AvgIpc) is 2.39. The Labute approximate surface area is 121 Å². The Balaban J connectivity index is 2.22. The second-order valence-corrected chi connectivity index (χ2v) is 4.63. The Morgan fingerprint density at radius 1 is 1.30 bits per heavy atom. The van der Waals surface area contributed by atoms with Crippen LogP contribution in [0.15, 0.2) is 47.5 Å². The van der Waals surface area contributed by atoms with E-state index in [2.05, 4.69) is 10.3 Å². The molecule has 4 nitrogen and oxygen atoms in total. The quantitative estimate of drug-likeness (QED) is 0.845. The van der Waals surface area contributed by atoms with Gasteiger partial charge in [0.05, 0.1) is 5.69 Å². The van der Waals surface area contributed by atoms with E-state index < -0.39 is 0 Å². The van der Waals surface area contributed by atoms with Crippen molar-refractivity contribution in [3.63, 3.8) is 0 Å². The van der Waals surface area contributed by atoms with Crippen molar-refractivity contribution in [3.05, 3.63) is 53.1 Å². The van der Waals surface area contributed by atoms with E-state index in [4.69, 9.17) is 11.6 Å². The monoisotopic (exact) mass is 288 g/mol. The SMILES string of the molecule is CC(=O)Nc1cccc(N=Cc2cc(Cl)ccc2O)c1. The van der Waals surface area contributed by atoms with Crippen LogP contribution in [0.5, 0.6) is 5.75 Å². The van der Waals surface area contributed by atoms with Crippen LogP contribution in [-0.4, -0.2) is 17.2 Å². The summed E-state index contributed by atoms with van der Waals surface area (Å²) in [6.07, 6.45) is 1.52. The lowest BCUT2D eigenvalue weighted by molar-refractivity contribution is -0.114. The first-order valence-corrected chi connectivity index (χ1v) is 6.32. The van der Waals surface area contributed by atoms with Gasteiger partial charge in [0.1, 0.15) is 5.75 Å². The number of nitrogens with one attached hydrogen (secondary N) is 1. The Hall–Kier alpha value is -2.33. The predicted molar refractivity (Wildman–Crippen MR) is 81.1 cm³/mol. The van der Waals surface area contributed by atoms with Crippen molar-refractivity contribution < 1.29 is 9.90 Å². The number of carbonyl (C=O) groups excluding carboxylic acids is 1. The summed E-state index contributed by atoms with van der Waals surface area (Å²) in [6.45, 7) is 1.44. The van der Waals surface area contributed by atoms with Crippen LogP contribution < -0.4 is 5.32 Å². The van der Waals surface area contributed by atoms with Gasteiger partial charge in [-0.05, 0) is 36.4 Å². The fourth-order valence-corrected chi connectivity index (χ4v) is 1.82. The highest BCUT2D eigenvalue weighted by molar-refractivity contribution is 6.30. The van der Waals surface area contributed by atoms with Gasteiger partial charge in [0.25, 0.3) is 0 Å². The molecule has 0 bridgehead atoms.